The number of rotatable bonds is 6. The van der Waals surface area contributed by atoms with E-state index in [1.165, 1.54) is 18.9 Å². The number of aromatic amines is 1. The summed E-state index contributed by atoms with van der Waals surface area (Å²) in [5.74, 6) is 0. The highest BCUT2D eigenvalue weighted by atomic mass is 16.1. The van der Waals surface area contributed by atoms with Crippen molar-refractivity contribution in [1.82, 2.24) is 14.8 Å². The van der Waals surface area contributed by atoms with E-state index in [-0.39, 0.29) is 5.41 Å². The zero-order valence-corrected chi connectivity index (χ0v) is 15.8. The van der Waals surface area contributed by atoms with Crippen LogP contribution in [-0.2, 0) is 4.79 Å². The normalized spacial score (nSPS) is 23.3. The third-order valence-electron chi connectivity index (χ3n) is 6.02. The minimum atomic E-state index is 0.207. The molecule has 4 heterocycles. The van der Waals surface area contributed by atoms with Crippen molar-refractivity contribution in [2.45, 2.75) is 19.3 Å². The fraction of sp³-hybridized carbons (Fsp3) is 0.400. The van der Waals surface area contributed by atoms with Gasteiger partial charge in [0, 0.05) is 65.5 Å². The maximum absolute atomic E-state index is 10.9. The fourth-order valence-electron chi connectivity index (χ4n) is 4.77. The molecule has 8 heteroatoms. The summed E-state index contributed by atoms with van der Waals surface area (Å²) >= 11 is 0. The summed E-state index contributed by atoms with van der Waals surface area (Å²) in [5.41, 5.74) is 3.72. The summed E-state index contributed by atoms with van der Waals surface area (Å²) in [6.45, 7) is 3.80. The maximum Gasteiger partial charge on any atom is 0.293 e. The molecule has 3 N–H and O–H groups in total. The van der Waals surface area contributed by atoms with Crippen LogP contribution in [0, 0.1) is 16.2 Å². The maximum atomic E-state index is 10.9. The van der Waals surface area contributed by atoms with E-state index in [2.05, 4.69) is 25.7 Å². The Hall–Kier alpha value is -2.74. The lowest BCUT2D eigenvalue weighted by atomic mass is 9.78. The van der Waals surface area contributed by atoms with Crippen LogP contribution in [0.1, 0.15) is 24.8 Å². The average Bonchev–Trinajstić information content (AvgIpc) is 3.31. The molecule has 2 fully saturated rings. The molecule has 0 aliphatic carbocycles. The molecule has 1 unspecified atom stereocenters. The van der Waals surface area contributed by atoms with Gasteiger partial charge in [-0.1, -0.05) is 0 Å². The standard InChI is InChI=1S/C20H24BN6O/c22-6-2-15(10-23)16-11-25-19-18(16)17(3-7-24-19)26-8-1-4-20(12-26)5-9-27(13-20)21-14-28/h2-3,6-7,10-11,14,22-23H,1,4-5,8-9,12-13H2,(H,24,25)/b15-2+,22-6?,23-10?. The molecule has 28 heavy (non-hydrogen) atoms. The minimum absolute atomic E-state index is 0.207. The number of carbonyl (C=O) groups excluding carboxylic acids is 1. The van der Waals surface area contributed by atoms with Gasteiger partial charge in [-0.25, -0.2) is 4.98 Å². The second kappa shape index (κ2) is 7.71. The first-order valence-electron chi connectivity index (χ1n) is 9.65. The van der Waals surface area contributed by atoms with Gasteiger partial charge in [-0.2, -0.15) is 0 Å². The summed E-state index contributed by atoms with van der Waals surface area (Å²) < 4.78 is 0. The Morgan fingerprint density at radius 3 is 2.96 bits per heavy atom. The van der Waals surface area contributed by atoms with Crippen molar-refractivity contribution in [2.75, 3.05) is 31.1 Å². The van der Waals surface area contributed by atoms with Crippen LogP contribution in [0.4, 0.5) is 5.69 Å². The number of nitrogens with zero attached hydrogens (tertiary/aromatic N) is 3. The number of H-pyrrole nitrogens is 1. The lowest BCUT2D eigenvalue weighted by Crippen LogP contribution is -2.45. The Kier molecular flexibility index (Phi) is 5.13. The van der Waals surface area contributed by atoms with Crippen LogP contribution in [0.5, 0.6) is 0 Å². The smallest absolute Gasteiger partial charge is 0.293 e. The molecule has 2 aliphatic rings. The number of piperidine rings is 1. The molecule has 0 saturated carbocycles. The lowest BCUT2D eigenvalue weighted by molar-refractivity contribution is 0.249. The van der Waals surface area contributed by atoms with E-state index in [0.717, 1.165) is 67.5 Å². The third-order valence-corrected chi connectivity index (χ3v) is 6.02. The Bertz CT molecular complexity index is 938. The number of hydrogen-bond donors (Lipinski definition) is 3. The SMILES string of the molecule is N=C/C=C(\C=N)c1c[nH]c2nccc(N3CCCC4(CCN([B]C=O)C4)C3)c12. The molecule has 1 atom stereocenters. The molecule has 0 amide bonds. The first-order chi connectivity index (χ1) is 13.7. The van der Waals surface area contributed by atoms with Gasteiger partial charge >= 0.3 is 0 Å². The molecule has 0 aromatic carbocycles. The number of allylic oxidation sites excluding steroid dienone is 2. The highest BCUT2D eigenvalue weighted by molar-refractivity contribution is 6.64. The second-order valence-corrected chi connectivity index (χ2v) is 7.72. The second-order valence-electron chi connectivity index (χ2n) is 7.72. The molecule has 143 valence electrons. The number of carbonyl (C=O) groups is 1. The van der Waals surface area contributed by atoms with Crippen LogP contribution < -0.4 is 4.90 Å². The molecular weight excluding hydrogens is 351 g/mol. The van der Waals surface area contributed by atoms with Crippen molar-refractivity contribution < 1.29 is 4.79 Å². The topological polar surface area (TPSA) is 99.9 Å². The number of pyridine rings is 1. The van der Waals surface area contributed by atoms with Gasteiger partial charge in [0.15, 0.2) is 0 Å². The molecule has 7 nitrogen and oxygen atoms in total. The monoisotopic (exact) mass is 375 g/mol. The molecular formula is C20H24BN6O. The number of hydrogen-bond acceptors (Lipinski definition) is 6. The van der Waals surface area contributed by atoms with Crippen molar-refractivity contribution in [2.24, 2.45) is 5.41 Å². The van der Waals surface area contributed by atoms with Crippen molar-refractivity contribution in [1.29, 1.82) is 10.8 Å². The van der Waals surface area contributed by atoms with E-state index in [0.29, 0.717) is 5.57 Å². The lowest BCUT2D eigenvalue weighted by Gasteiger charge is -2.42. The summed E-state index contributed by atoms with van der Waals surface area (Å²) in [5, 5.41) is 16.1. The number of nitrogens with one attached hydrogen (secondary N) is 3. The molecule has 2 aromatic rings. The average molecular weight is 375 g/mol. The third kappa shape index (κ3) is 3.28. The van der Waals surface area contributed by atoms with E-state index in [1.54, 1.807) is 13.5 Å². The van der Waals surface area contributed by atoms with Crippen LogP contribution in [0.3, 0.4) is 0 Å². The van der Waals surface area contributed by atoms with Gasteiger partial charge in [0.2, 0.25) is 0 Å². The molecule has 1 spiro atoms. The summed E-state index contributed by atoms with van der Waals surface area (Å²) in [4.78, 5) is 23.1. The van der Waals surface area contributed by atoms with Crippen LogP contribution in [0.25, 0.3) is 16.6 Å². The number of anilines is 1. The van der Waals surface area contributed by atoms with Gasteiger partial charge in [0.05, 0.1) is 6.19 Å². The van der Waals surface area contributed by atoms with E-state index < -0.39 is 0 Å². The van der Waals surface area contributed by atoms with Crippen molar-refractivity contribution in [3.8, 4) is 0 Å². The van der Waals surface area contributed by atoms with Crippen molar-refractivity contribution in [3.05, 3.63) is 30.1 Å². The Morgan fingerprint density at radius 2 is 2.18 bits per heavy atom. The minimum Gasteiger partial charge on any atom is -0.370 e. The molecule has 2 saturated heterocycles. The van der Waals surface area contributed by atoms with E-state index in [9.17, 15) is 4.79 Å². The molecule has 2 aliphatic heterocycles. The number of fused-ring (bicyclic) bond motifs is 1. The Balaban J connectivity index is 1.70. The molecule has 1 radical (unpaired) electrons. The predicted molar refractivity (Wildman–Crippen MR) is 114 cm³/mol. The highest BCUT2D eigenvalue weighted by Crippen LogP contribution is 2.42. The Morgan fingerprint density at radius 1 is 1.29 bits per heavy atom. The zero-order chi connectivity index (χ0) is 19.6. The van der Waals surface area contributed by atoms with Gasteiger partial charge < -0.3 is 30.3 Å². The summed E-state index contributed by atoms with van der Waals surface area (Å²) in [6.07, 6.45) is 12.1. The van der Waals surface area contributed by atoms with E-state index >= 15 is 0 Å². The van der Waals surface area contributed by atoms with Crippen LogP contribution in [-0.4, -0.2) is 67.0 Å². The first kappa shape index (κ1) is 18.6. The molecule has 4 rings (SSSR count). The van der Waals surface area contributed by atoms with E-state index in [1.807, 2.05) is 12.4 Å². The van der Waals surface area contributed by atoms with Gasteiger partial charge in [-0.15, -0.1) is 0 Å². The highest BCUT2D eigenvalue weighted by Gasteiger charge is 2.41. The van der Waals surface area contributed by atoms with Gasteiger partial charge in [-0.05, 0) is 44.5 Å². The van der Waals surface area contributed by atoms with Crippen LogP contribution in [0.2, 0.25) is 0 Å². The predicted octanol–water partition coefficient (Wildman–Crippen LogP) is 2.35. The summed E-state index contributed by atoms with van der Waals surface area (Å²) in [6, 6.07) is 2.05. The fourth-order valence-corrected chi connectivity index (χ4v) is 4.77. The number of aromatic nitrogens is 2. The summed E-state index contributed by atoms with van der Waals surface area (Å²) in [7, 11) is 1.67. The zero-order valence-electron chi connectivity index (χ0n) is 15.8. The van der Waals surface area contributed by atoms with Gasteiger partial charge in [-0.3, -0.25) is 0 Å². The van der Waals surface area contributed by atoms with Gasteiger partial charge in [0.25, 0.3) is 7.41 Å². The first-order valence-corrected chi connectivity index (χ1v) is 9.65. The van der Waals surface area contributed by atoms with Crippen molar-refractivity contribution >= 4 is 48.3 Å². The van der Waals surface area contributed by atoms with E-state index in [4.69, 9.17) is 10.8 Å². The molecule has 0 bridgehead atoms. The molecule has 2 aromatic heterocycles. The van der Waals surface area contributed by atoms with Crippen LogP contribution >= 0.6 is 0 Å². The van der Waals surface area contributed by atoms with Crippen LogP contribution in [0.15, 0.2) is 24.5 Å². The van der Waals surface area contributed by atoms with Gasteiger partial charge in [0.1, 0.15) is 5.65 Å². The Labute approximate surface area is 165 Å². The van der Waals surface area contributed by atoms with Crippen molar-refractivity contribution in [3.63, 3.8) is 0 Å². The quantitative estimate of drug-likeness (QED) is 0.410. The largest absolute Gasteiger partial charge is 0.370 e.